The van der Waals surface area contributed by atoms with Crippen LogP contribution in [0.25, 0.3) is 0 Å². The van der Waals surface area contributed by atoms with E-state index in [0.29, 0.717) is 12.8 Å². The number of carbonyl (C=O) groups excluding carboxylic acids is 2. The highest BCUT2D eigenvalue weighted by Crippen LogP contribution is 2.07. The molecule has 84 valence electrons. The predicted molar refractivity (Wildman–Crippen MR) is 59.5 cm³/mol. The van der Waals surface area contributed by atoms with Crippen LogP contribution < -0.4 is 10.6 Å². The van der Waals surface area contributed by atoms with E-state index in [-0.39, 0.29) is 11.8 Å². The first-order valence-electron chi connectivity index (χ1n) is 4.69. The molecule has 2 amide bonds. The number of rotatable bonds is 7. The van der Waals surface area contributed by atoms with Crippen LogP contribution in [-0.4, -0.2) is 32.1 Å². The lowest BCUT2D eigenvalue weighted by atomic mass is 10.0. The maximum atomic E-state index is 11.3. The van der Waals surface area contributed by atoms with Crippen LogP contribution in [0.5, 0.6) is 0 Å². The highest BCUT2D eigenvalue weighted by Gasteiger charge is 2.17. The molecule has 15 heavy (non-hydrogen) atoms. The summed E-state index contributed by atoms with van der Waals surface area (Å²) in [5, 5.41) is 4.96. The second-order valence-electron chi connectivity index (χ2n) is 3.19. The number of likely N-dealkylation sites (N-methyl/N-ethyl adjacent to an activating group) is 1. The van der Waals surface area contributed by atoms with Gasteiger partial charge in [-0.2, -0.15) is 0 Å². The van der Waals surface area contributed by atoms with Gasteiger partial charge in [-0.1, -0.05) is 13.0 Å². The van der Waals surface area contributed by atoms with E-state index in [1.807, 2.05) is 13.0 Å². The summed E-state index contributed by atoms with van der Waals surface area (Å²) >= 11 is 0. The van der Waals surface area contributed by atoms with Crippen molar-refractivity contribution in [2.24, 2.45) is 10.9 Å². The Morgan fingerprint density at radius 1 is 1.60 bits per heavy atom. The van der Waals surface area contributed by atoms with Gasteiger partial charge in [0.25, 0.3) is 0 Å². The van der Waals surface area contributed by atoms with Crippen LogP contribution in [-0.2, 0) is 9.59 Å². The van der Waals surface area contributed by atoms with E-state index >= 15 is 0 Å². The van der Waals surface area contributed by atoms with Crippen LogP contribution in [0, 0.1) is 5.92 Å². The molecule has 5 heteroatoms. The average Bonchev–Trinajstić information content (AvgIpc) is 2.24. The van der Waals surface area contributed by atoms with Crippen molar-refractivity contribution in [2.75, 3.05) is 7.05 Å². The summed E-state index contributed by atoms with van der Waals surface area (Å²) in [7, 11) is 1.54. The Kier molecular flexibility index (Phi) is 6.88. The zero-order chi connectivity index (χ0) is 11.7. The van der Waals surface area contributed by atoms with Gasteiger partial charge in [-0.25, -0.2) is 0 Å². The van der Waals surface area contributed by atoms with E-state index < -0.39 is 6.04 Å². The fourth-order valence-corrected chi connectivity index (χ4v) is 1.17. The van der Waals surface area contributed by atoms with Crippen LogP contribution in [0.15, 0.2) is 17.3 Å². The second-order valence-corrected chi connectivity index (χ2v) is 3.19. The Hall–Kier alpha value is -1.65. The number of allylic oxidation sites excluding steroid dienone is 1. The minimum atomic E-state index is -0.503. The molecule has 0 spiro atoms. The van der Waals surface area contributed by atoms with Crippen molar-refractivity contribution in [3.05, 3.63) is 12.3 Å². The largest absolute Gasteiger partial charge is 0.357 e. The molecule has 0 rings (SSSR count). The summed E-state index contributed by atoms with van der Waals surface area (Å²) in [5.41, 5.74) is 0. The molecule has 0 aliphatic heterocycles. The molecule has 0 saturated heterocycles. The number of nitrogens with zero attached hydrogens (tertiary/aromatic N) is 1. The zero-order valence-corrected chi connectivity index (χ0v) is 9.06. The zero-order valence-electron chi connectivity index (χ0n) is 9.06. The molecular formula is C10H17N3O2. The molecule has 0 aromatic carbocycles. The van der Waals surface area contributed by atoms with Gasteiger partial charge in [0, 0.05) is 13.2 Å². The number of nitrogens with one attached hydrogen (secondary N) is 2. The molecule has 0 aliphatic carbocycles. The fourth-order valence-electron chi connectivity index (χ4n) is 1.17. The van der Waals surface area contributed by atoms with E-state index in [1.54, 1.807) is 6.20 Å². The molecule has 0 fully saturated rings. The van der Waals surface area contributed by atoms with E-state index in [4.69, 9.17) is 0 Å². The summed E-state index contributed by atoms with van der Waals surface area (Å²) in [4.78, 5) is 25.2. The van der Waals surface area contributed by atoms with Gasteiger partial charge in [0.1, 0.15) is 6.04 Å². The average molecular weight is 211 g/mol. The molecule has 0 saturated carbocycles. The van der Waals surface area contributed by atoms with Gasteiger partial charge in [-0.05, 0) is 19.1 Å². The predicted octanol–water partition coefficient (Wildman–Crippen LogP) is 0.0875. The first-order chi connectivity index (χ1) is 7.15. The standard InChI is InChI=1S/C10H17N3O2/c1-8(4-5-11-2)6-9(13-7-14)10(15)12-3/h4-5,7-9H,2,6H2,1,3H3,(H,12,15)(H,13,14)/b5-4-/t8?,9-/m0/s1. The summed E-state index contributed by atoms with van der Waals surface area (Å²) < 4.78 is 0. The van der Waals surface area contributed by atoms with Gasteiger partial charge >= 0.3 is 0 Å². The molecule has 2 atom stereocenters. The minimum Gasteiger partial charge on any atom is -0.357 e. The van der Waals surface area contributed by atoms with E-state index in [1.165, 1.54) is 7.05 Å². The number of hydrogen-bond donors (Lipinski definition) is 2. The molecule has 0 aromatic rings. The van der Waals surface area contributed by atoms with Crippen LogP contribution >= 0.6 is 0 Å². The third-order valence-corrected chi connectivity index (χ3v) is 1.96. The lowest BCUT2D eigenvalue weighted by molar-refractivity contribution is -0.125. The number of aliphatic imine (C=N–C) groups is 1. The van der Waals surface area contributed by atoms with E-state index in [9.17, 15) is 9.59 Å². The van der Waals surface area contributed by atoms with Crippen LogP contribution in [0.3, 0.4) is 0 Å². The fraction of sp³-hybridized carbons (Fsp3) is 0.500. The molecule has 1 unspecified atom stereocenters. The van der Waals surface area contributed by atoms with Gasteiger partial charge in [0.2, 0.25) is 12.3 Å². The lowest BCUT2D eigenvalue weighted by Gasteiger charge is -2.16. The first-order valence-corrected chi connectivity index (χ1v) is 4.69. The van der Waals surface area contributed by atoms with Crippen molar-refractivity contribution in [3.8, 4) is 0 Å². The summed E-state index contributed by atoms with van der Waals surface area (Å²) in [6, 6.07) is -0.503. The van der Waals surface area contributed by atoms with Crippen molar-refractivity contribution in [2.45, 2.75) is 19.4 Å². The molecule has 0 aliphatic rings. The molecule has 0 aromatic heterocycles. The van der Waals surface area contributed by atoms with Crippen LogP contribution in [0.2, 0.25) is 0 Å². The van der Waals surface area contributed by atoms with Gasteiger partial charge in [-0.3, -0.25) is 14.6 Å². The lowest BCUT2D eigenvalue weighted by Crippen LogP contribution is -2.43. The number of carbonyl (C=O) groups is 2. The van der Waals surface area contributed by atoms with Gasteiger partial charge in [0.15, 0.2) is 0 Å². The van der Waals surface area contributed by atoms with Crippen LogP contribution in [0.4, 0.5) is 0 Å². The Labute approximate surface area is 89.7 Å². The molecule has 0 heterocycles. The molecule has 0 radical (unpaired) electrons. The first kappa shape index (κ1) is 13.4. The Morgan fingerprint density at radius 3 is 2.73 bits per heavy atom. The smallest absolute Gasteiger partial charge is 0.242 e. The highest BCUT2D eigenvalue weighted by atomic mass is 16.2. The van der Waals surface area contributed by atoms with Crippen LogP contribution in [0.1, 0.15) is 13.3 Å². The summed E-state index contributed by atoms with van der Waals surface area (Å²) in [6.45, 7) is 5.25. The minimum absolute atomic E-state index is 0.144. The molecule has 0 bridgehead atoms. The molecule has 2 N–H and O–H groups in total. The SMILES string of the molecule is C=N/C=C\C(C)C[C@H](NC=O)C(=O)NC. The molecular weight excluding hydrogens is 194 g/mol. The highest BCUT2D eigenvalue weighted by molar-refractivity contribution is 5.83. The third-order valence-electron chi connectivity index (χ3n) is 1.96. The Bertz CT molecular complexity index is 251. The Balaban J connectivity index is 4.26. The van der Waals surface area contributed by atoms with Gasteiger partial charge in [0.05, 0.1) is 0 Å². The maximum Gasteiger partial charge on any atom is 0.242 e. The van der Waals surface area contributed by atoms with Gasteiger partial charge < -0.3 is 10.6 Å². The van der Waals surface area contributed by atoms with Crippen molar-refractivity contribution in [1.29, 1.82) is 0 Å². The Morgan fingerprint density at radius 2 is 2.27 bits per heavy atom. The van der Waals surface area contributed by atoms with Crippen molar-refractivity contribution < 1.29 is 9.59 Å². The van der Waals surface area contributed by atoms with Crippen molar-refractivity contribution in [3.63, 3.8) is 0 Å². The quantitative estimate of drug-likeness (QED) is 0.462. The second kappa shape index (κ2) is 7.73. The summed E-state index contributed by atoms with van der Waals surface area (Å²) in [5.74, 6) is -0.0563. The normalized spacial score (nSPS) is 14.3. The van der Waals surface area contributed by atoms with Crippen molar-refractivity contribution in [1.82, 2.24) is 10.6 Å². The maximum absolute atomic E-state index is 11.3. The third kappa shape index (κ3) is 5.61. The molecule has 5 nitrogen and oxygen atoms in total. The topological polar surface area (TPSA) is 70.6 Å². The van der Waals surface area contributed by atoms with Crippen molar-refractivity contribution >= 4 is 19.0 Å². The van der Waals surface area contributed by atoms with E-state index in [0.717, 1.165) is 0 Å². The van der Waals surface area contributed by atoms with E-state index in [2.05, 4.69) is 22.3 Å². The number of amides is 2. The summed E-state index contributed by atoms with van der Waals surface area (Å²) in [6.07, 6.45) is 4.47. The van der Waals surface area contributed by atoms with Gasteiger partial charge in [-0.15, -0.1) is 0 Å². The monoisotopic (exact) mass is 211 g/mol. The number of hydrogen-bond acceptors (Lipinski definition) is 3.